The van der Waals surface area contributed by atoms with E-state index < -0.39 is 0 Å². The molecule has 1 aromatic heterocycles. The van der Waals surface area contributed by atoms with Crippen molar-refractivity contribution in [3.63, 3.8) is 0 Å². The van der Waals surface area contributed by atoms with Crippen molar-refractivity contribution >= 4 is 23.4 Å². The third kappa shape index (κ3) is 3.72. The smallest absolute Gasteiger partial charge is 0.222 e. The molecule has 0 fully saturated rings. The number of hydrogen-bond acceptors (Lipinski definition) is 5. The second-order valence-electron chi connectivity index (χ2n) is 3.95. The first-order valence-electron chi connectivity index (χ1n) is 5.84. The fourth-order valence-corrected chi connectivity index (χ4v) is 1.82. The largest absolute Gasteiger partial charge is 0.497 e. The molecule has 0 aliphatic heterocycles. The van der Waals surface area contributed by atoms with Crippen LogP contribution in [0.15, 0.2) is 30.5 Å². The summed E-state index contributed by atoms with van der Waals surface area (Å²) in [4.78, 5) is 7.84. The molecule has 0 saturated carbocycles. The molecule has 0 radical (unpaired) electrons. The van der Waals surface area contributed by atoms with Gasteiger partial charge in [-0.2, -0.15) is 4.98 Å². The molecular weight excluding hydrogens is 264 g/mol. The maximum atomic E-state index is 5.96. The van der Waals surface area contributed by atoms with Gasteiger partial charge in [0.1, 0.15) is 16.6 Å². The van der Waals surface area contributed by atoms with Crippen molar-refractivity contribution in [2.24, 2.45) is 0 Å². The Labute approximate surface area is 116 Å². The van der Waals surface area contributed by atoms with Crippen molar-refractivity contribution in [3.05, 3.63) is 41.0 Å². The second kappa shape index (κ2) is 6.24. The van der Waals surface area contributed by atoms with Crippen LogP contribution in [0.25, 0.3) is 0 Å². The van der Waals surface area contributed by atoms with Gasteiger partial charge in [-0.25, -0.2) is 4.98 Å². The number of nitrogen functional groups attached to an aromatic ring is 1. The standard InChI is InChI=1S/C13H15ClN4O/c1-19-10-4-2-3-9(7-10)5-6-16-12-11(14)8-17-13(15)18-12/h2-4,7-8H,5-6H2,1H3,(H3,15,16,17,18). The van der Waals surface area contributed by atoms with Gasteiger partial charge in [0.15, 0.2) is 0 Å². The number of anilines is 2. The van der Waals surface area contributed by atoms with Crippen LogP contribution in [0.2, 0.25) is 5.02 Å². The van der Waals surface area contributed by atoms with E-state index in [-0.39, 0.29) is 5.95 Å². The Morgan fingerprint density at radius 1 is 1.42 bits per heavy atom. The molecule has 0 aliphatic rings. The normalized spacial score (nSPS) is 10.2. The molecule has 0 saturated heterocycles. The molecule has 0 spiro atoms. The number of ether oxygens (including phenoxy) is 1. The predicted molar refractivity (Wildman–Crippen MR) is 76.6 cm³/mol. The number of nitrogens with two attached hydrogens (primary N) is 1. The Balaban J connectivity index is 1.94. The Morgan fingerprint density at radius 2 is 2.26 bits per heavy atom. The number of methoxy groups -OCH3 is 1. The van der Waals surface area contributed by atoms with E-state index >= 15 is 0 Å². The minimum absolute atomic E-state index is 0.202. The number of nitrogens with one attached hydrogen (secondary N) is 1. The van der Waals surface area contributed by atoms with Crippen molar-refractivity contribution in [1.29, 1.82) is 0 Å². The van der Waals surface area contributed by atoms with Crippen LogP contribution < -0.4 is 15.8 Å². The van der Waals surface area contributed by atoms with Crippen molar-refractivity contribution in [3.8, 4) is 5.75 Å². The summed E-state index contributed by atoms with van der Waals surface area (Å²) in [5.74, 6) is 1.60. The Kier molecular flexibility index (Phi) is 4.41. The highest BCUT2D eigenvalue weighted by Crippen LogP contribution is 2.18. The fraction of sp³-hybridized carbons (Fsp3) is 0.231. The predicted octanol–water partition coefficient (Wildman–Crippen LogP) is 2.38. The molecule has 100 valence electrons. The van der Waals surface area contributed by atoms with E-state index in [0.717, 1.165) is 12.2 Å². The molecule has 1 aromatic carbocycles. The van der Waals surface area contributed by atoms with E-state index in [1.54, 1.807) is 7.11 Å². The van der Waals surface area contributed by atoms with E-state index in [1.807, 2.05) is 24.3 Å². The highest BCUT2D eigenvalue weighted by atomic mass is 35.5. The lowest BCUT2D eigenvalue weighted by Crippen LogP contribution is -2.08. The van der Waals surface area contributed by atoms with Crippen molar-refractivity contribution in [2.75, 3.05) is 24.7 Å². The minimum Gasteiger partial charge on any atom is -0.497 e. The number of rotatable bonds is 5. The first kappa shape index (κ1) is 13.4. The Morgan fingerprint density at radius 3 is 3.05 bits per heavy atom. The molecule has 0 bridgehead atoms. The lowest BCUT2D eigenvalue weighted by atomic mass is 10.1. The number of aromatic nitrogens is 2. The zero-order valence-electron chi connectivity index (χ0n) is 10.6. The van der Waals surface area contributed by atoms with Gasteiger partial charge >= 0.3 is 0 Å². The quantitative estimate of drug-likeness (QED) is 0.878. The molecule has 0 amide bonds. The van der Waals surface area contributed by atoms with E-state index in [9.17, 15) is 0 Å². The van der Waals surface area contributed by atoms with E-state index in [4.69, 9.17) is 22.1 Å². The summed E-state index contributed by atoms with van der Waals surface area (Å²) < 4.78 is 5.18. The average Bonchev–Trinajstić information content (AvgIpc) is 2.43. The van der Waals surface area contributed by atoms with Crippen molar-refractivity contribution < 1.29 is 4.74 Å². The van der Waals surface area contributed by atoms with Crippen LogP contribution >= 0.6 is 11.6 Å². The SMILES string of the molecule is COc1cccc(CCNc2nc(N)ncc2Cl)c1. The summed E-state index contributed by atoms with van der Waals surface area (Å²) in [7, 11) is 1.65. The molecule has 1 heterocycles. The van der Waals surface area contributed by atoms with Gasteiger partial charge < -0.3 is 15.8 Å². The van der Waals surface area contributed by atoms with Crippen LogP contribution in [0.3, 0.4) is 0 Å². The van der Waals surface area contributed by atoms with Crippen molar-refractivity contribution in [1.82, 2.24) is 9.97 Å². The van der Waals surface area contributed by atoms with Gasteiger partial charge in [-0.15, -0.1) is 0 Å². The minimum atomic E-state index is 0.202. The Hall–Kier alpha value is -2.01. The van der Waals surface area contributed by atoms with Gasteiger partial charge in [-0.1, -0.05) is 23.7 Å². The van der Waals surface area contributed by atoms with Gasteiger partial charge in [-0.05, 0) is 24.1 Å². The summed E-state index contributed by atoms with van der Waals surface area (Å²) in [6.45, 7) is 0.698. The van der Waals surface area contributed by atoms with Gasteiger partial charge in [0.05, 0.1) is 13.3 Å². The summed E-state index contributed by atoms with van der Waals surface area (Å²) in [5, 5.41) is 3.59. The van der Waals surface area contributed by atoms with Crippen LogP contribution in [-0.4, -0.2) is 23.6 Å². The summed E-state index contributed by atoms with van der Waals surface area (Å²) in [6.07, 6.45) is 2.31. The molecule has 6 heteroatoms. The molecule has 3 N–H and O–H groups in total. The number of benzene rings is 1. The van der Waals surface area contributed by atoms with Crippen molar-refractivity contribution in [2.45, 2.75) is 6.42 Å². The first-order chi connectivity index (χ1) is 9.19. The summed E-state index contributed by atoms with van der Waals surface area (Å²) >= 11 is 5.96. The third-order valence-corrected chi connectivity index (χ3v) is 2.88. The zero-order valence-corrected chi connectivity index (χ0v) is 11.3. The number of hydrogen-bond donors (Lipinski definition) is 2. The highest BCUT2D eigenvalue weighted by molar-refractivity contribution is 6.32. The van der Waals surface area contributed by atoms with Gasteiger partial charge in [0, 0.05) is 6.54 Å². The lowest BCUT2D eigenvalue weighted by molar-refractivity contribution is 0.414. The lowest BCUT2D eigenvalue weighted by Gasteiger charge is -2.08. The number of nitrogens with zero attached hydrogens (tertiary/aromatic N) is 2. The van der Waals surface area contributed by atoms with E-state index in [1.165, 1.54) is 11.8 Å². The van der Waals surface area contributed by atoms with E-state index in [0.29, 0.717) is 17.4 Å². The molecular formula is C13H15ClN4O. The van der Waals surface area contributed by atoms with Crippen LogP contribution in [0.4, 0.5) is 11.8 Å². The molecule has 0 atom stereocenters. The van der Waals surface area contributed by atoms with Crippen LogP contribution in [0, 0.1) is 0 Å². The molecule has 0 unspecified atom stereocenters. The second-order valence-corrected chi connectivity index (χ2v) is 4.36. The summed E-state index contributed by atoms with van der Waals surface area (Å²) in [6, 6.07) is 7.92. The molecule has 2 rings (SSSR count). The topological polar surface area (TPSA) is 73.1 Å². The van der Waals surface area contributed by atoms with Crippen LogP contribution in [0.5, 0.6) is 5.75 Å². The molecule has 0 aliphatic carbocycles. The van der Waals surface area contributed by atoms with Crippen LogP contribution in [-0.2, 0) is 6.42 Å². The van der Waals surface area contributed by atoms with Crippen LogP contribution in [0.1, 0.15) is 5.56 Å². The maximum Gasteiger partial charge on any atom is 0.222 e. The van der Waals surface area contributed by atoms with Gasteiger partial charge in [0.25, 0.3) is 0 Å². The van der Waals surface area contributed by atoms with Gasteiger partial charge in [-0.3, -0.25) is 0 Å². The fourth-order valence-electron chi connectivity index (χ4n) is 1.66. The average molecular weight is 279 g/mol. The molecule has 5 nitrogen and oxygen atoms in total. The number of halogens is 1. The first-order valence-corrected chi connectivity index (χ1v) is 6.21. The summed E-state index contributed by atoms with van der Waals surface area (Å²) in [5.41, 5.74) is 6.68. The third-order valence-electron chi connectivity index (χ3n) is 2.60. The van der Waals surface area contributed by atoms with Gasteiger partial charge in [0.2, 0.25) is 5.95 Å². The molecule has 2 aromatic rings. The maximum absolute atomic E-state index is 5.96. The molecule has 19 heavy (non-hydrogen) atoms. The zero-order chi connectivity index (χ0) is 13.7. The highest BCUT2D eigenvalue weighted by Gasteiger charge is 2.03. The monoisotopic (exact) mass is 278 g/mol. The Bertz CT molecular complexity index is 562. The van der Waals surface area contributed by atoms with E-state index in [2.05, 4.69) is 15.3 Å².